The Morgan fingerprint density at radius 1 is 1.29 bits per heavy atom. The van der Waals surface area contributed by atoms with Crippen molar-refractivity contribution in [2.24, 2.45) is 0 Å². The third-order valence-electron chi connectivity index (χ3n) is 2.54. The van der Waals surface area contributed by atoms with Gasteiger partial charge in [0, 0.05) is 20.3 Å². The van der Waals surface area contributed by atoms with E-state index in [0.717, 1.165) is 31.6 Å². The lowest BCUT2D eigenvalue weighted by molar-refractivity contribution is 0.172. The molecule has 0 saturated heterocycles. The van der Waals surface area contributed by atoms with Crippen LogP contribution in [0.15, 0.2) is 24.3 Å². The second-order valence-corrected chi connectivity index (χ2v) is 3.97. The minimum absolute atomic E-state index is 0.284. The van der Waals surface area contributed by atoms with Crippen LogP contribution < -0.4 is 5.32 Å². The number of methoxy groups -OCH3 is 1. The fraction of sp³-hybridized carbons (Fsp3) is 0.538. The summed E-state index contributed by atoms with van der Waals surface area (Å²) in [4.78, 5) is 0. The molecule has 1 unspecified atom stereocenters. The Morgan fingerprint density at radius 2 is 2.00 bits per heavy atom. The summed E-state index contributed by atoms with van der Waals surface area (Å²) in [6.45, 7) is 2.10. The van der Waals surface area contributed by atoms with Crippen LogP contribution in [0.2, 0.25) is 0 Å². The van der Waals surface area contributed by atoms with Crippen molar-refractivity contribution in [1.82, 2.24) is 5.32 Å². The first-order valence-electron chi connectivity index (χ1n) is 5.87. The van der Waals surface area contributed by atoms with Crippen molar-refractivity contribution >= 4 is 0 Å². The minimum Gasteiger partial charge on any atom is -0.387 e. The molecule has 0 bridgehead atoms. The van der Waals surface area contributed by atoms with Gasteiger partial charge in [-0.3, -0.25) is 0 Å². The molecule has 0 aromatic heterocycles. The number of aliphatic hydroxyl groups is 1. The molecular formula is C13H20FNO2. The lowest BCUT2D eigenvalue weighted by Crippen LogP contribution is -2.22. The van der Waals surface area contributed by atoms with Crippen LogP contribution in [-0.2, 0) is 4.74 Å². The highest BCUT2D eigenvalue weighted by Gasteiger charge is 2.06. The molecule has 4 heteroatoms. The molecule has 3 nitrogen and oxygen atoms in total. The van der Waals surface area contributed by atoms with E-state index >= 15 is 0 Å². The van der Waals surface area contributed by atoms with Gasteiger partial charge in [-0.2, -0.15) is 0 Å². The third kappa shape index (κ3) is 5.77. The molecular weight excluding hydrogens is 221 g/mol. The van der Waals surface area contributed by atoms with Crippen LogP contribution in [-0.4, -0.2) is 31.9 Å². The number of aliphatic hydroxyl groups excluding tert-OH is 1. The lowest BCUT2D eigenvalue weighted by Gasteiger charge is -2.12. The molecule has 0 aliphatic heterocycles. The second-order valence-electron chi connectivity index (χ2n) is 3.97. The summed E-state index contributed by atoms with van der Waals surface area (Å²) in [5, 5.41) is 13.0. The first kappa shape index (κ1) is 14.1. The highest BCUT2D eigenvalue weighted by Crippen LogP contribution is 2.12. The van der Waals surface area contributed by atoms with E-state index in [0.29, 0.717) is 6.54 Å². The van der Waals surface area contributed by atoms with Gasteiger partial charge in [-0.15, -0.1) is 0 Å². The Kier molecular flexibility index (Phi) is 6.77. The van der Waals surface area contributed by atoms with Gasteiger partial charge < -0.3 is 15.2 Å². The van der Waals surface area contributed by atoms with Gasteiger partial charge in [0.2, 0.25) is 0 Å². The van der Waals surface area contributed by atoms with E-state index in [4.69, 9.17) is 4.74 Å². The zero-order chi connectivity index (χ0) is 12.5. The molecule has 2 N–H and O–H groups in total. The van der Waals surface area contributed by atoms with Gasteiger partial charge in [-0.05, 0) is 37.1 Å². The van der Waals surface area contributed by atoms with Crippen molar-refractivity contribution in [3.63, 3.8) is 0 Å². The molecule has 0 radical (unpaired) electrons. The van der Waals surface area contributed by atoms with Crippen molar-refractivity contribution < 1.29 is 14.2 Å². The van der Waals surface area contributed by atoms with E-state index in [9.17, 15) is 9.50 Å². The number of nitrogens with one attached hydrogen (secondary N) is 1. The van der Waals surface area contributed by atoms with Gasteiger partial charge in [0.1, 0.15) is 5.82 Å². The molecule has 0 heterocycles. The molecule has 1 aromatic rings. The number of hydrogen-bond acceptors (Lipinski definition) is 3. The topological polar surface area (TPSA) is 41.5 Å². The smallest absolute Gasteiger partial charge is 0.123 e. The largest absolute Gasteiger partial charge is 0.387 e. The summed E-state index contributed by atoms with van der Waals surface area (Å²) in [5.41, 5.74) is 0.732. The van der Waals surface area contributed by atoms with E-state index in [1.165, 1.54) is 12.1 Å². The third-order valence-corrected chi connectivity index (χ3v) is 2.54. The normalized spacial score (nSPS) is 12.6. The number of halogens is 1. The van der Waals surface area contributed by atoms with Gasteiger partial charge in [0.05, 0.1) is 6.10 Å². The molecule has 96 valence electrons. The van der Waals surface area contributed by atoms with Crippen LogP contribution in [0.3, 0.4) is 0 Å². The van der Waals surface area contributed by atoms with E-state index in [-0.39, 0.29) is 5.82 Å². The second kappa shape index (κ2) is 8.17. The minimum atomic E-state index is -0.585. The maximum absolute atomic E-state index is 12.7. The number of hydrogen-bond donors (Lipinski definition) is 2. The SMILES string of the molecule is COCCCCNCC(O)c1ccc(F)cc1. The van der Waals surface area contributed by atoms with E-state index in [1.807, 2.05) is 0 Å². The van der Waals surface area contributed by atoms with Crippen molar-refractivity contribution in [1.29, 1.82) is 0 Å². The Hall–Kier alpha value is -0.970. The lowest BCUT2D eigenvalue weighted by atomic mass is 10.1. The first-order valence-corrected chi connectivity index (χ1v) is 5.87. The summed E-state index contributed by atoms with van der Waals surface area (Å²) < 4.78 is 17.6. The number of benzene rings is 1. The molecule has 0 aliphatic carbocycles. The fourth-order valence-corrected chi connectivity index (χ4v) is 1.54. The molecule has 1 atom stereocenters. The monoisotopic (exact) mass is 241 g/mol. The molecule has 0 spiro atoms. The molecule has 17 heavy (non-hydrogen) atoms. The predicted molar refractivity (Wildman–Crippen MR) is 65.3 cm³/mol. The average Bonchev–Trinajstić information content (AvgIpc) is 2.34. The van der Waals surface area contributed by atoms with Crippen LogP contribution in [0, 0.1) is 5.82 Å². The average molecular weight is 241 g/mol. The van der Waals surface area contributed by atoms with Gasteiger partial charge in [0.25, 0.3) is 0 Å². The zero-order valence-electron chi connectivity index (χ0n) is 10.2. The van der Waals surface area contributed by atoms with E-state index in [1.54, 1.807) is 19.2 Å². The Labute approximate surface area is 102 Å². The summed E-state index contributed by atoms with van der Waals surface area (Å²) in [6.07, 6.45) is 1.44. The van der Waals surface area contributed by atoms with E-state index in [2.05, 4.69) is 5.32 Å². The van der Waals surface area contributed by atoms with Gasteiger partial charge >= 0.3 is 0 Å². The Bertz CT molecular complexity index is 303. The van der Waals surface area contributed by atoms with Crippen molar-refractivity contribution in [2.75, 3.05) is 26.8 Å². The van der Waals surface area contributed by atoms with Gasteiger partial charge in [0.15, 0.2) is 0 Å². The maximum Gasteiger partial charge on any atom is 0.123 e. The maximum atomic E-state index is 12.7. The number of rotatable bonds is 8. The highest BCUT2D eigenvalue weighted by atomic mass is 19.1. The Balaban J connectivity index is 2.16. The molecule has 0 fully saturated rings. The van der Waals surface area contributed by atoms with Crippen LogP contribution in [0.1, 0.15) is 24.5 Å². The van der Waals surface area contributed by atoms with Crippen LogP contribution in [0.5, 0.6) is 0 Å². The predicted octanol–water partition coefficient (Wildman–Crippen LogP) is 1.88. The molecule has 1 rings (SSSR count). The van der Waals surface area contributed by atoms with Crippen LogP contribution in [0.25, 0.3) is 0 Å². The van der Waals surface area contributed by atoms with Crippen molar-refractivity contribution in [3.05, 3.63) is 35.6 Å². The van der Waals surface area contributed by atoms with E-state index < -0.39 is 6.10 Å². The molecule has 1 aromatic carbocycles. The van der Waals surface area contributed by atoms with Crippen molar-refractivity contribution in [3.8, 4) is 0 Å². The summed E-state index contributed by atoms with van der Waals surface area (Å²) in [6, 6.07) is 5.92. The number of unbranched alkanes of at least 4 members (excludes halogenated alkanes) is 1. The summed E-state index contributed by atoms with van der Waals surface area (Å²) in [5.74, 6) is -0.284. The first-order chi connectivity index (χ1) is 8.24. The highest BCUT2D eigenvalue weighted by molar-refractivity contribution is 5.18. The zero-order valence-corrected chi connectivity index (χ0v) is 10.2. The molecule has 0 amide bonds. The molecule has 0 saturated carbocycles. The van der Waals surface area contributed by atoms with Crippen molar-refractivity contribution in [2.45, 2.75) is 18.9 Å². The standard InChI is InChI=1S/C13H20FNO2/c1-17-9-3-2-8-15-10-13(16)11-4-6-12(14)7-5-11/h4-7,13,15-16H,2-3,8-10H2,1H3. The summed E-state index contributed by atoms with van der Waals surface area (Å²) in [7, 11) is 1.69. The fourth-order valence-electron chi connectivity index (χ4n) is 1.54. The number of ether oxygens (including phenoxy) is 1. The van der Waals surface area contributed by atoms with Gasteiger partial charge in [-0.1, -0.05) is 12.1 Å². The van der Waals surface area contributed by atoms with Crippen LogP contribution in [0.4, 0.5) is 4.39 Å². The van der Waals surface area contributed by atoms with Gasteiger partial charge in [-0.25, -0.2) is 4.39 Å². The van der Waals surface area contributed by atoms with Crippen LogP contribution >= 0.6 is 0 Å². The molecule has 0 aliphatic rings. The summed E-state index contributed by atoms with van der Waals surface area (Å²) >= 11 is 0. The quantitative estimate of drug-likeness (QED) is 0.683. The Morgan fingerprint density at radius 3 is 2.65 bits per heavy atom.